The van der Waals surface area contributed by atoms with Gasteiger partial charge < -0.3 is 47.8 Å². The zero-order valence-corrected chi connectivity index (χ0v) is 28.3. The lowest BCUT2D eigenvalue weighted by Gasteiger charge is -2.51. The van der Waals surface area contributed by atoms with Crippen molar-refractivity contribution in [3.63, 3.8) is 0 Å². The Labute approximate surface area is 287 Å². The van der Waals surface area contributed by atoms with Gasteiger partial charge in [0, 0.05) is 52.0 Å². The Balaban J connectivity index is 1.31. The molecule has 0 unspecified atom stereocenters. The van der Waals surface area contributed by atoms with Gasteiger partial charge in [0.05, 0.1) is 18.9 Å². The maximum absolute atomic E-state index is 13.4. The molecule has 248 valence electrons. The first-order valence-corrected chi connectivity index (χ1v) is 16.2. The van der Waals surface area contributed by atoms with E-state index in [1.165, 1.54) is 10.9 Å². The van der Waals surface area contributed by atoms with Gasteiger partial charge in [0.1, 0.15) is 11.4 Å². The normalized spacial score (nSPS) is 19.0. The molecule has 0 saturated heterocycles. The van der Waals surface area contributed by atoms with Crippen LogP contribution in [-0.4, -0.2) is 69.3 Å². The Morgan fingerprint density at radius 1 is 0.917 bits per heavy atom. The summed E-state index contributed by atoms with van der Waals surface area (Å²) < 4.78 is 4.38. The van der Waals surface area contributed by atoms with Gasteiger partial charge in [0.2, 0.25) is 17.8 Å². The Bertz CT molecular complexity index is 2240. The zero-order valence-electron chi connectivity index (χ0n) is 25.1. The first kappa shape index (κ1) is 31.2. The molecule has 6 aromatic rings. The van der Waals surface area contributed by atoms with E-state index in [-0.39, 0.29) is 71.8 Å². The summed E-state index contributed by atoms with van der Waals surface area (Å²) in [6.07, 6.45) is 6.46. The van der Waals surface area contributed by atoms with Crippen LogP contribution in [-0.2, 0) is 7.05 Å². The Kier molecular flexibility index (Phi) is 7.82. The van der Waals surface area contributed by atoms with Crippen LogP contribution in [0.4, 0.5) is 17.7 Å². The maximum Gasteiger partial charge on any atom is 0.334 e. The molecule has 4 atom stereocenters. The van der Waals surface area contributed by atoms with Gasteiger partial charge in [-0.3, -0.25) is 14.6 Å². The SMILES string of the molecule is C[n+]1cnc2[nH]c(=O)n(-c3nc(N)[nH]c3[C@@H]3[C@@H](CNC(=O)c4cc(Br)c[nH]4)[C@H](CNC(=O)c4cc(Br)c[nH]4)[C@H]3c3cnc(N)[nH]3)c2c1N. The maximum atomic E-state index is 13.4. The van der Waals surface area contributed by atoms with E-state index in [0.29, 0.717) is 28.3 Å². The number of nitrogens with two attached hydrogens (primary N) is 3. The molecule has 1 aliphatic carbocycles. The Morgan fingerprint density at radius 3 is 2.10 bits per heavy atom. The molecule has 6 aromatic heterocycles. The molecular formula is C28H30Br2N15O3+. The minimum absolute atomic E-state index is 0.0593. The van der Waals surface area contributed by atoms with E-state index >= 15 is 0 Å². The van der Waals surface area contributed by atoms with Crippen molar-refractivity contribution in [2.45, 2.75) is 11.8 Å². The summed E-state index contributed by atoms with van der Waals surface area (Å²) in [6, 6.07) is 3.35. The molecule has 1 fully saturated rings. The fourth-order valence-corrected chi connectivity index (χ4v) is 7.24. The summed E-state index contributed by atoms with van der Waals surface area (Å²) >= 11 is 6.72. The summed E-state index contributed by atoms with van der Waals surface area (Å²) in [7, 11) is 1.71. The molecule has 1 saturated carbocycles. The number of aromatic amines is 5. The largest absolute Gasteiger partial charge is 0.369 e. The van der Waals surface area contributed by atoms with Crippen molar-refractivity contribution < 1.29 is 14.2 Å². The second kappa shape index (κ2) is 12.0. The monoisotopic (exact) mass is 782 g/mol. The molecule has 13 N–H and O–H groups in total. The van der Waals surface area contributed by atoms with Crippen molar-refractivity contribution in [2.75, 3.05) is 30.3 Å². The van der Waals surface area contributed by atoms with E-state index in [9.17, 15) is 14.4 Å². The van der Waals surface area contributed by atoms with Gasteiger partial charge in [-0.2, -0.15) is 4.98 Å². The van der Waals surface area contributed by atoms with Crippen LogP contribution in [0.3, 0.4) is 0 Å². The highest BCUT2D eigenvalue weighted by Crippen LogP contribution is 2.57. The summed E-state index contributed by atoms with van der Waals surface area (Å²) in [4.78, 5) is 67.7. The fraction of sp³-hybridized carbons (Fsp3) is 0.250. The summed E-state index contributed by atoms with van der Waals surface area (Å²) in [5.41, 5.74) is 20.7. The van der Waals surface area contributed by atoms with E-state index in [0.717, 1.165) is 8.95 Å². The molecular weight excluding hydrogens is 754 g/mol. The lowest BCUT2D eigenvalue weighted by Crippen LogP contribution is -2.53. The highest BCUT2D eigenvalue weighted by Gasteiger charge is 2.54. The van der Waals surface area contributed by atoms with Crippen molar-refractivity contribution in [2.24, 2.45) is 18.9 Å². The molecule has 7 rings (SSSR count). The Hall–Kier alpha value is -5.37. The second-order valence-electron chi connectivity index (χ2n) is 11.5. The van der Waals surface area contributed by atoms with Crippen LogP contribution in [0.5, 0.6) is 0 Å². The van der Waals surface area contributed by atoms with Gasteiger partial charge in [-0.15, -0.1) is 0 Å². The van der Waals surface area contributed by atoms with Crippen molar-refractivity contribution in [3.05, 3.63) is 79.3 Å². The first-order valence-electron chi connectivity index (χ1n) is 14.6. The van der Waals surface area contributed by atoms with Gasteiger partial charge in [0.15, 0.2) is 23.2 Å². The number of rotatable bonds is 9. The topological polar surface area (TPSA) is 280 Å². The van der Waals surface area contributed by atoms with Crippen LogP contribution in [0, 0.1) is 11.8 Å². The molecule has 6 heterocycles. The smallest absolute Gasteiger partial charge is 0.334 e. The number of carbonyl (C=O) groups excluding carboxylic acids is 2. The molecule has 48 heavy (non-hydrogen) atoms. The van der Waals surface area contributed by atoms with Crippen LogP contribution in [0.25, 0.3) is 17.0 Å². The van der Waals surface area contributed by atoms with E-state index < -0.39 is 11.6 Å². The third-order valence-electron chi connectivity index (χ3n) is 8.75. The highest BCUT2D eigenvalue weighted by atomic mass is 79.9. The number of carbonyl (C=O) groups is 2. The predicted octanol–water partition coefficient (Wildman–Crippen LogP) is 0.886. The number of imidazole rings is 3. The number of halogens is 2. The lowest BCUT2D eigenvalue weighted by atomic mass is 9.54. The van der Waals surface area contributed by atoms with Crippen LogP contribution >= 0.6 is 31.9 Å². The van der Waals surface area contributed by atoms with Gasteiger partial charge >= 0.3 is 5.69 Å². The van der Waals surface area contributed by atoms with Crippen molar-refractivity contribution in [1.82, 2.24) is 55.1 Å². The van der Waals surface area contributed by atoms with E-state index in [1.807, 2.05) is 0 Å². The molecule has 0 bridgehead atoms. The van der Waals surface area contributed by atoms with E-state index in [4.69, 9.17) is 17.2 Å². The van der Waals surface area contributed by atoms with Crippen molar-refractivity contribution in [3.8, 4) is 5.82 Å². The number of nitrogens with one attached hydrogen (secondary N) is 7. The number of hydrogen-bond donors (Lipinski definition) is 10. The minimum atomic E-state index is -0.520. The number of nitrogen functional groups attached to an aromatic ring is 3. The zero-order chi connectivity index (χ0) is 33.9. The summed E-state index contributed by atoms with van der Waals surface area (Å²) in [5, 5.41) is 6.04. The van der Waals surface area contributed by atoms with Crippen LogP contribution in [0.2, 0.25) is 0 Å². The molecule has 2 amide bonds. The average Bonchev–Trinajstić information content (AvgIpc) is 3.87. The number of fused-ring (bicyclic) bond motifs is 1. The average molecular weight is 784 g/mol. The van der Waals surface area contributed by atoms with Crippen LogP contribution < -0.4 is 38.1 Å². The minimum Gasteiger partial charge on any atom is -0.369 e. The van der Waals surface area contributed by atoms with Crippen molar-refractivity contribution >= 4 is 72.6 Å². The number of nitrogens with zero attached hydrogens (tertiary/aromatic N) is 5. The summed E-state index contributed by atoms with van der Waals surface area (Å²) in [6.45, 7) is 0.414. The summed E-state index contributed by atoms with van der Waals surface area (Å²) in [5.74, 6) is -1.23. The van der Waals surface area contributed by atoms with E-state index in [1.54, 1.807) is 42.3 Å². The number of aromatic nitrogens is 10. The number of H-pyrrole nitrogens is 5. The quantitative estimate of drug-likeness (QED) is 0.0931. The van der Waals surface area contributed by atoms with Crippen LogP contribution in [0.1, 0.15) is 44.2 Å². The van der Waals surface area contributed by atoms with Gasteiger partial charge in [0.25, 0.3) is 11.8 Å². The number of anilines is 3. The highest BCUT2D eigenvalue weighted by molar-refractivity contribution is 9.10. The van der Waals surface area contributed by atoms with Gasteiger partial charge in [-0.1, -0.05) is 4.98 Å². The third-order valence-corrected chi connectivity index (χ3v) is 9.66. The molecule has 20 heteroatoms. The molecule has 0 radical (unpaired) electrons. The standard InChI is InChI=1S/C28H29Br2N15O3/c1-44-9-39-22-20(21(44)31)45(28(48)42-22)23-19(41-27(33)43-23)18-13(7-37-25(47)15-3-11(30)5-35-15)12(17(18)16-8-38-26(32)40-16)6-36-24(46)14-2-10(29)4-34-14/h2-5,8-9,12-13,17-18H,6-7H2,1H3,(H12,31,32,33,34,35,36,37,38,40,41,42,43,46,47,48)/p+1/t12-,13-,17-,18+/m0/s1. The molecule has 0 spiro atoms. The molecule has 1 aliphatic rings. The number of amides is 2. The molecule has 0 aliphatic heterocycles. The first-order chi connectivity index (χ1) is 23.0. The molecule has 0 aromatic carbocycles. The lowest BCUT2D eigenvalue weighted by molar-refractivity contribution is -0.658. The van der Waals surface area contributed by atoms with Crippen LogP contribution in [0.15, 0.2) is 50.8 Å². The fourth-order valence-electron chi connectivity index (χ4n) is 6.55. The Morgan fingerprint density at radius 2 is 1.54 bits per heavy atom. The van der Waals surface area contributed by atoms with Gasteiger partial charge in [-0.25, -0.2) is 18.9 Å². The second-order valence-corrected chi connectivity index (χ2v) is 13.4. The molecule has 18 nitrogen and oxygen atoms in total. The van der Waals surface area contributed by atoms with Gasteiger partial charge in [-0.05, 0) is 55.8 Å². The third kappa shape index (κ3) is 5.41. The number of aryl methyl sites for hydroxylation is 1. The van der Waals surface area contributed by atoms with E-state index in [2.05, 4.69) is 82.4 Å². The number of hydrogen-bond acceptors (Lipinski definition) is 9. The van der Waals surface area contributed by atoms with Crippen molar-refractivity contribution in [1.29, 1.82) is 0 Å². The predicted molar refractivity (Wildman–Crippen MR) is 181 cm³/mol.